The molecule has 6 nitrogen and oxygen atoms in total. The van der Waals surface area contributed by atoms with Crippen molar-refractivity contribution in [2.24, 2.45) is 0 Å². The third-order valence-corrected chi connectivity index (χ3v) is 5.61. The van der Waals surface area contributed by atoms with E-state index in [1.54, 1.807) is 12.3 Å². The van der Waals surface area contributed by atoms with Crippen LogP contribution in [-0.2, 0) is 0 Å². The molecule has 1 N–H and O–H groups in total. The molecule has 2 aromatic heterocycles. The van der Waals surface area contributed by atoms with Crippen LogP contribution in [0.4, 0.5) is 4.39 Å². The molecular formula is C18H20FN5O. The Balaban J connectivity index is 1.36. The van der Waals surface area contributed by atoms with Gasteiger partial charge < -0.3 is 9.42 Å². The van der Waals surface area contributed by atoms with E-state index in [1.165, 1.54) is 38.4 Å². The lowest BCUT2D eigenvalue weighted by Gasteiger charge is -2.43. The molecule has 1 aromatic carbocycles. The fourth-order valence-electron chi connectivity index (χ4n) is 4.09. The summed E-state index contributed by atoms with van der Waals surface area (Å²) in [5, 5.41) is 11.5. The van der Waals surface area contributed by atoms with Gasteiger partial charge in [-0.05, 0) is 50.9 Å². The number of halogens is 1. The third-order valence-electron chi connectivity index (χ3n) is 5.61. The van der Waals surface area contributed by atoms with Gasteiger partial charge in [0.05, 0.1) is 17.3 Å². The van der Waals surface area contributed by atoms with Gasteiger partial charge in [0.15, 0.2) is 0 Å². The summed E-state index contributed by atoms with van der Waals surface area (Å²) in [5.74, 6) is 0.866. The number of hydrogen-bond donors (Lipinski definition) is 1. The molecule has 2 fully saturated rings. The van der Waals surface area contributed by atoms with Gasteiger partial charge in [0.1, 0.15) is 5.82 Å². The van der Waals surface area contributed by atoms with Crippen LogP contribution in [0.5, 0.6) is 0 Å². The van der Waals surface area contributed by atoms with Crippen molar-refractivity contribution >= 4 is 10.9 Å². The first kappa shape index (κ1) is 15.0. The number of nitrogens with zero attached hydrogens (tertiary/aromatic N) is 4. The Labute approximate surface area is 144 Å². The van der Waals surface area contributed by atoms with Crippen molar-refractivity contribution < 1.29 is 8.91 Å². The second-order valence-corrected chi connectivity index (χ2v) is 7.13. The monoisotopic (exact) mass is 341 g/mol. The lowest BCUT2D eigenvalue weighted by atomic mass is 9.78. The zero-order valence-corrected chi connectivity index (χ0v) is 13.9. The number of H-pyrrole nitrogens is 1. The van der Waals surface area contributed by atoms with E-state index >= 15 is 0 Å². The molecule has 1 aliphatic carbocycles. The van der Waals surface area contributed by atoms with Gasteiger partial charge in [0.25, 0.3) is 0 Å². The summed E-state index contributed by atoms with van der Waals surface area (Å²) in [4.78, 5) is 7.08. The lowest BCUT2D eigenvalue weighted by Crippen LogP contribution is -2.46. The minimum absolute atomic E-state index is 0.291. The van der Waals surface area contributed by atoms with Crippen LogP contribution in [0.3, 0.4) is 0 Å². The molecule has 25 heavy (non-hydrogen) atoms. The Morgan fingerprint density at radius 1 is 1.16 bits per heavy atom. The van der Waals surface area contributed by atoms with Crippen LogP contribution in [0.2, 0.25) is 0 Å². The molecule has 3 aromatic rings. The van der Waals surface area contributed by atoms with Crippen LogP contribution in [0.1, 0.15) is 43.9 Å². The number of fused-ring (bicyclic) bond motifs is 1. The van der Waals surface area contributed by atoms with Crippen molar-refractivity contribution in [3.63, 3.8) is 0 Å². The van der Waals surface area contributed by atoms with E-state index in [4.69, 9.17) is 4.52 Å². The van der Waals surface area contributed by atoms with Gasteiger partial charge in [-0.1, -0.05) is 11.6 Å². The van der Waals surface area contributed by atoms with Crippen molar-refractivity contribution in [1.82, 2.24) is 25.2 Å². The van der Waals surface area contributed by atoms with Crippen molar-refractivity contribution in [3.05, 3.63) is 30.0 Å². The van der Waals surface area contributed by atoms with E-state index in [2.05, 4.69) is 25.2 Å². The number of aromatic amines is 1. The average Bonchev–Trinajstić information content (AvgIpc) is 3.24. The normalized spacial score (nSPS) is 24.5. The first-order valence-electron chi connectivity index (χ1n) is 8.99. The average molecular weight is 341 g/mol. The van der Waals surface area contributed by atoms with Crippen molar-refractivity contribution in [3.8, 4) is 11.4 Å². The zero-order valence-electron chi connectivity index (χ0n) is 13.9. The molecule has 1 aliphatic heterocycles. The fourth-order valence-corrected chi connectivity index (χ4v) is 4.09. The first-order valence-corrected chi connectivity index (χ1v) is 8.99. The largest absolute Gasteiger partial charge is 0.339 e. The predicted octanol–water partition coefficient (Wildman–Crippen LogP) is 3.48. The molecule has 0 unspecified atom stereocenters. The lowest BCUT2D eigenvalue weighted by molar-refractivity contribution is 0.0783. The van der Waals surface area contributed by atoms with Crippen LogP contribution in [-0.4, -0.2) is 44.4 Å². The summed E-state index contributed by atoms with van der Waals surface area (Å²) >= 11 is 0. The minimum Gasteiger partial charge on any atom is -0.339 e. The Kier molecular flexibility index (Phi) is 3.55. The van der Waals surface area contributed by atoms with E-state index in [0.717, 1.165) is 18.4 Å². The van der Waals surface area contributed by atoms with Gasteiger partial charge >= 0.3 is 0 Å². The topological polar surface area (TPSA) is 70.8 Å². The molecule has 3 heterocycles. The molecule has 5 rings (SSSR count). The summed E-state index contributed by atoms with van der Waals surface area (Å²) in [6.45, 7) is 2.42. The van der Waals surface area contributed by atoms with Gasteiger partial charge in [-0.2, -0.15) is 10.1 Å². The van der Waals surface area contributed by atoms with Crippen LogP contribution in [0.25, 0.3) is 22.3 Å². The Hall–Kier alpha value is -2.28. The summed E-state index contributed by atoms with van der Waals surface area (Å²) < 4.78 is 19.8. The molecule has 7 heteroatoms. The highest BCUT2D eigenvalue weighted by atomic mass is 19.1. The van der Waals surface area contributed by atoms with Gasteiger partial charge in [0.2, 0.25) is 11.7 Å². The molecule has 2 aliphatic rings. The van der Waals surface area contributed by atoms with Crippen molar-refractivity contribution in [1.29, 1.82) is 0 Å². The zero-order chi connectivity index (χ0) is 16.8. The number of aromatic nitrogens is 4. The van der Waals surface area contributed by atoms with Crippen molar-refractivity contribution in [2.45, 2.75) is 44.1 Å². The number of rotatable bonds is 3. The molecular weight excluding hydrogens is 321 g/mol. The highest BCUT2D eigenvalue weighted by Gasteiger charge is 2.38. The van der Waals surface area contributed by atoms with E-state index < -0.39 is 0 Å². The highest BCUT2D eigenvalue weighted by Crippen LogP contribution is 2.40. The number of nitrogens with one attached hydrogen (secondary N) is 1. The molecule has 0 radical (unpaired) electrons. The standard InChI is InChI=1S/C18H20FN5O/c19-14-4-5-15-13(10-20-22-15)16(14)17-21-18(25-23-17)11-8-12(9-11)24-6-2-1-3-7-24/h4-5,10-12H,1-3,6-9H2,(H,20,22)/t11-,12-. The molecule has 1 saturated carbocycles. The Bertz CT molecular complexity index is 892. The summed E-state index contributed by atoms with van der Waals surface area (Å²) in [5.41, 5.74) is 1.12. The minimum atomic E-state index is -0.360. The van der Waals surface area contributed by atoms with Crippen LogP contribution >= 0.6 is 0 Å². The van der Waals surface area contributed by atoms with Gasteiger partial charge in [-0.3, -0.25) is 5.10 Å². The molecule has 1 saturated heterocycles. The van der Waals surface area contributed by atoms with Crippen LogP contribution in [0.15, 0.2) is 22.9 Å². The first-order chi connectivity index (χ1) is 12.3. The van der Waals surface area contributed by atoms with Crippen LogP contribution < -0.4 is 0 Å². The molecule has 0 atom stereocenters. The van der Waals surface area contributed by atoms with E-state index in [1.807, 2.05) is 0 Å². The smallest absolute Gasteiger partial charge is 0.230 e. The number of likely N-dealkylation sites (tertiary alicyclic amines) is 1. The summed E-state index contributed by atoms with van der Waals surface area (Å²) in [6, 6.07) is 3.70. The van der Waals surface area contributed by atoms with Crippen molar-refractivity contribution in [2.75, 3.05) is 13.1 Å². The number of piperidine rings is 1. The molecule has 0 spiro atoms. The quantitative estimate of drug-likeness (QED) is 0.790. The highest BCUT2D eigenvalue weighted by molar-refractivity contribution is 5.92. The van der Waals surface area contributed by atoms with Gasteiger partial charge in [-0.15, -0.1) is 0 Å². The fraction of sp³-hybridized carbons (Fsp3) is 0.500. The molecule has 0 bridgehead atoms. The second-order valence-electron chi connectivity index (χ2n) is 7.13. The number of benzene rings is 1. The summed E-state index contributed by atoms with van der Waals surface area (Å²) in [7, 11) is 0. The maximum atomic E-state index is 14.3. The molecule has 0 amide bonds. The maximum Gasteiger partial charge on any atom is 0.230 e. The number of hydrogen-bond acceptors (Lipinski definition) is 5. The second kappa shape index (κ2) is 5.91. The van der Waals surface area contributed by atoms with Gasteiger partial charge in [0, 0.05) is 17.3 Å². The van der Waals surface area contributed by atoms with Gasteiger partial charge in [-0.25, -0.2) is 4.39 Å². The Morgan fingerprint density at radius 3 is 2.84 bits per heavy atom. The predicted molar refractivity (Wildman–Crippen MR) is 90.5 cm³/mol. The third kappa shape index (κ3) is 2.54. The van der Waals surface area contributed by atoms with Crippen LogP contribution in [0, 0.1) is 5.82 Å². The Morgan fingerprint density at radius 2 is 2.00 bits per heavy atom. The van der Waals surface area contributed by atoms with E-state index in [-0.39, 0.29) is 5.82 Å². The maximum absolute atomic E-state index is 14.3. The summed E-state index contributed by atoms with van der Waals surface area (Å²) in [6.07, 6.45) is 7.67. The van der Waals surface area contributed by atoms with E-state index in [9.17, 15) is 4.39 Å². The molecule has 130 valence electrons. The van der Waals surface area contributed by atoms with E-state index in [0.29, 0.717) is 34.6 Å². The SMILES string of the molecule is Fc1ccc2[nH]ncc2c1-c1noc([C@H]2C[C@H](N3CCCCC3)C2)n1.